The maximum absolute atomic E-state index is 15.3. The molecule has 196 valence electrons. The van der Waals surface area contributed by atoms with Gasteiger partial charge in [0.15, 0.2) is 17.4 Å². The van der Waals surface area contributed by atoms with E-state index in [4.69, 9.17) is 11.3 Å². The summed E-state index contributed by atoms with van der Waals surface area (Å²) in [6.07, 6.45) is 1.22. The molecule has 0 aliphatic carbocycles. The minimum absolute atomic E-state index is 0.0329. The maximum Gasteiger partial charge on any atom is 0.288 e. The van der Waals surface area contributed by atoms with Gasteiger partial charge in [0.1, 0.15) is 12.1 Å². The zero-order valence-corrected chi connectivity index (χ0v) is 21.6. The van der Waals surface area contributed by atoms with Gasteiger partial charge in [0, 0.05) is 61.2 Å². The van der Waals surface area contributed by atoms with Gasteiger partial charge in [-0.25, -0.2) is 23.6 Å². The van der Waals surface area contributed by atoms with Crippen LogP contribution in [0.15, 0.2) is 42.7 Å². The van der Waals surface area contributed by atoms with E-state index in [1.54, 1.807) is 17.6 Å². The molecule has 5 rings (SSSR count). The number of aryl methyl sites for hydroxylation is 2. The third-order valence-electron chi connectivity index (χ3n) is 6.98. The van der Waals surface area contributed by atoms with Crippen molar-refractivity contribution < 1.29 is 13.5 Å². The SMILES string of the molecule is [C-]#[N+]c1c(Nc2ccc(N3CCN(CC)CC3)cc2)ncnc1Oc1cc(F)c2c(cc(C)n2CC)c1F. The molecule has 2 aromatic carbocycles. The van der Waals surface area contributed by atoms with E-state index in [1.807, 2.05) is 31.2 Å². The normalized spacial score (nSPS) is 14.1. The van der Waals surface area contributed by atoms with Crippen LogP contribution in [0.5, 0.6) is 11.6 Å². The fraction of sp³-hybridized carbons (Fsp3) is 0.321. The number of aromatic nitrogens is 3. The Labute approximate surface area is 220 Å². The van der Waals surface area contributed by atoms with Gasteiger partial charge in [-0.2, -0.15) is 0 Å². The highest BCUT2D eigenvalue weighted by Crippen LogP contribution is 2.39. The van der Waals surface area contributed by atoms with Crippen LogP contribution in [0.3, 0.4) is 0 Å². The van der Waals surface area contributed by atoms with Gasteiger partial charge in [-0.15, -0.1) is 0 Å². The molecule has 0 bridgehead atoms. The average Bonchev–Trinajstić information content (AvgIpc) is 3.29. The number of nitrogens with zero attached hydrogens (tertiary/aromatic N) is 6. The summed E-state index contributed by atoms with van der Waals surface area (Å²) in [6.45, 7) is 19.1. The Bertz CT molecular complexity index is 1500. The molecule has 0 unspecified atom stereocenters. The number of rotatable bonds is 7. The lowest BCUT2D eigenvalue weighted by Crippen LogP contribution is -2.46. The van der Waals surface area contributed by atoms with Crippen molar-refractivity contribution in [3.63, 3.8) is 0 Å². The Morgan fingerprint density at radius 3 is 2.42 bits per heavy atom. The Kier molecular flexibility index (Phi) is 7.11. The first-order chi connectivity index (χ1) is 18.4. The van der Waals surface area contributed by atoms with Crippen LogP contribution in [0.4, 0.5) is 31.7 Å². The highest BCUT2D eigenvalue weighted by atomic mass is 19.1. The number of ether oxygens (including phenoxy) is 1. The predicted molar refractivity (Wildman–Crippen MR) is 145 cm³/mol. The monoisotopic (exact) mass is 517 g/mol. The number of halogens is 2. The summed E-state index contributed by atoms with van der Waals surface area (Å²) in [5, 5.41) is 3.25. The van der Waals surface area contributed by atoms with Crippen molar-refractivity contribution in [1.29, 1.82) is 0 Å². The van der Waals surface area contributed by atoms with E-state index in [0.717, 1.165) is 55.9 Å². The molecule has 1 aliphatic rings. The molecular formula is C28H29F2N7O. The highest BCUT2D eigenvalue weighted by molar-refractivity contribution is 5.85. The van der Waals surface area contributed by atoms with E-state index in [1.165, 1.54) is 6.33 Å². The summed E-state index contributed by atoms with van der Waals surface area (Å²) < 4.78 is 37.7. The van der Waals surface area contributed by atoms with E-state index >= 15 is 4.39 Å². The van der Waals surface area contributed by atoms with Crippen LogP contribution in [-0.4, -0.2) is 52.2 Å². The zero-order valence-electron chi connectivity index (χ0n) is 21.6. The highest BCUT2D eigenvalue weighted by Gasteiger charge is 2.22. The molecule has 0 saturated carbocycles. The van der Waals surface area contributed by atoms with Gasteiger partial charge in [0.2, 0.25) is 5.88 Å². The van der Waals surface area contributed by atoms with Crippen LogP contribution in [0.1, 0.15) is 19.5 Å². The van der Waals surface area contributed by atoms with Crippen LogP contribution < -0.4 is 15.0 Å². The fourth-order valence-electron chi connectivity index (χ4n) is 4.91. The number of hydrogen-bond donors (Lipinski definition) is 1. The minimum atomic E-state index is -0.712. The van der Waals surface area contributed by atoms with Crippen molar-refractivity contribution in [3.05, 3.63) is 71.5 Å². The lowest BCUT2D eigenvalue weighted by Gasteiger charge is -2.35. The maximum atomic E-state index is 15.3. The molecule has 0 spiro atoms. The molecule has 4 aromatic rings. The number of likely N-dealkylation sites (N-methyl/N-ethyl adjacent to an activating group) is 1. The third kappa shape index (κ3) is 4.73. The van der Waals surface area contributed by atoms with E-state index in [-0.39, 0.29) is 34.0 Å². The van der Waals surface area contributed by atoms with Crippen LogP contribution >= 0.6 is 0 Å². The van der Waals surface area contributed by atoms with Crippen molar-refractivity contribution in [2.24, 2.45) is 0 Å². The van der Waals surface area contributed by atoms with Crippen LogP contribution in [0.25, 0.3) is 15.7 Å². The summed E-state index contributed by atoms with van der Waals surface area (Å²) in [5.74, 6) is -1.61. The van der Waals surface area contributed by atoms with Crippen molar-refractivity contribution in [3.8, 4) is 11.6 Å². The third-order valence-corrected chi connectivity index (χ3v) is 6.98. The fourth-order valence-corrected chi connectivity index (χ4v) is 4.91. The van der Waals surface area contributed by atoms with Crippen molar-refractivity contribution in [2.75, 3.05) is 42.9 Å². The summed E-state index contributed by atoms with van der Waals surface area (Å²) in [6, 6.07) is 10.5. The first kappa shape index (κ1) is 25.4. The molecule has 8 nitrogen and oxygen atoms in total. The van der Waals surface area contributed by atoms with E-state index < -0.39 is 11.6 Å². The average molecular weight is 518 g/mol. The largest absolute Gasteiger partial charge is 0.446 e. The standard InChI is InChI=1S/C28H29F2N7O/c1-5-35-11-13-36(14-12-35)20-9-7-19(8-10-20)34-27-25(31-4)28(33-17-32-27)38-23-16-22(29)26-21(24(23)30)15-18(3)37(26)6-2/h7-10,15-17H,5-6,11-14H2,1-3H3,(H,32,33,34). The lowest BCUT2D eigenvalue weighted by molar-refractivity contribution is 0.271. The Morgan fingerprint density at radius 1 is 1.03 bits per heavy atom. The van der Waals surface area contributed by atoms with Crippen molar-refractivity contribution in [1.82, 2.24) is 19.4 Å². The number of benzene rings is 2. The Balaban J connectivity index is 1.38. The molecule has 0 radical (unpaired) electrons. The number of anilines is 3. The van der Waals surface area contributed by atoms with Gasteiger partial charge in [0.05, 0.1) is 12.1 Å². The van der Waals surface area contributed by atoms with Gasteiger partial charge in [0.25, 0.3) is 5.69 Å². The molecule has 1 N–H and O–H groups in total. The molecular weight excluding hydrogens is 488 g/mol. The molecule has 0 atom stereocenters. The number of piperazine rings is 1. The summed E-state index contributed by atoms with van der Waals surface area (Å²) in [7, 11) is 0. The van der Waals surface area contributed by atoms with E-state index in [9.17, 15) is 4.39 Å². The molecule has 3 heterocycles. The van der Waals surface area contributed by atoms with Crippen molar-refractivity contribution in [2.45, 2.75) is 27.3 Å². The van der Waals surface area contributed by atoms with E-state index in [0.29, 0.717) is 6.54 Å². The topological polar surface area (TPSA) is 62.8 Å². The van der Waals surface area contributed by atoms with Crippen molar-refractivity contribution >= 4 is 33.8 Å². The molecule has 2 aromatic heterocycles. The summed E-state index contributed by atoms with van der Waals surface area (Å²) in [4.78, 5) is 16.5. The molecule has 0 amide bonds. The predicted octanol–water partition coefficient (Wildman–Crippen LogP) is 6.27. The second kappa shape index (κ2) is 10.6. The molecule has 10 heteroatoms. The minimum Gasteiger partial charge on any atom is -0.446 e. The number of nitrogens with one attached hydrogen (secondary N) is 1. The quantitative estimate of drug-likeness (QED) is 0.292. The van der Waals surface area contributed by atoms with Gasteiger partial charge < -0.3 is 24.4 Å². The molecule has 38 heavy (non-hydrogen) atoms. The van der Waals surface area contributed by atoms with Gasteiger partial charge in [-0.1, -0.05) is 6.92 Å². The second-order valence-corrected chi connectivity index (χ2v) is 9.15. The van der Waals surface area contributed by atoms with Gasteiger partial charge >= 0.3 is 0 Å². The second-order valence-electron chi connectivity index (χ2n) is 9.15. The molecule has 1 aliphatic heterocycles. The van der Waals surface area contributed by atoms with Gasteiger partial charge in [-0.05, 0) is 50.7 Å². The van der Waals surface area contributed by atoms with Gasteiger partial charge in [-0.3, -0.25) is 0 Å². The van der Waals surface area contributed by atoms with Crippen LogP contribution in [-0.2, 0) is 6.54 Å². The van der Waals surface area contributed by atoms with E-state index in [2.05, 4.69) is 36.9 Å². The molecule has 1 fully saturated rings. The zero-order chi connectivity index (χ0) is 26.8. The first-order valence-electron chi connectivity index (χ1n) is 12.7. The smallest absolute Gasteiger partial charge is 0.288 e. The van der Waals surface area contributed by atoms with Crippen LogP contribution in [0, 0.1) is 25.1 Å². The Hall–Kier alpha value is -4.23. The number of fused-ring (bicyclic) bond motifs is 1. The van der Waals surface area contributed by atoms with Crippen LogP contribution in [0.2, 0.25) is 0 Å². The Morgan fingerprint density at radius 2 is 1.76 bits per heavy atom. The number of hydrogen-bond acceptors (Lipinski definition) is 6. The molecule has 1 saturated heterocycles. The first-order valence-corrected chi connectivity index (χ1v) is 12.7. The summed E-state index contributed by atoms with van der Waals surface area (Å²) >= 11 is 0. The summed E-state index contributed by atoms with van der Waals surface area (Å²) in [5.41, 5.74) is 2.74. The lowest BCUT2D eigenvalue weighted by atomic mass is 10.2.